The molecule has 0 fully saturated rings. The topological polar surface area (TPSA) is 64.2 Å². The van der Waals surface area contributed by atoms with Crippen molar-refractivity contribution in [3.63, 3.8) is 0 Å². The van der Waals surface area contributed by atoms with Crippen LogP contribution in [0.3, 0.4) is 0 Å². The van der Waals surface area contributed by atoms with Gasteiger partial charge in [-0.15, -0.1) is 0 Å². The van der Waals surface area contributed by atoms with E-state index in [1.807, 2.05) is 19.9 Å². The second-order valence-corrected chi connectivity index (χ2v) is 3.86. The van der Waals surface area contributed by atoms with Gasteiger partial charge in [0.2, 0.25) is 0 Å². The van der Waals surface area contributed by atoms with Crippen molar-refractivity contribution in [2.75, 3.05) is 6.61 Å². The number of aliphatic hydroxyl groups is 1. The first-order chi connectivity index (χ1) is 6.53. The van der Waals surface area contributed by atoms with Crippen molar-refractivity contribution >= 4 is 0 Å². The lowest BCUT2D eigenvalue weighted by Gasteiger charge is -2.23. The van der Waals surface area contributed by atoms with Crippen LogP contribution in [0.2, 0.25) is 0 Å². The third kappa shape index (κ3) is 1.70. The molecule has 1 aromatic carbocycles. The zero-order valence-electron chi connectivity index (χ0n) is 8.28. The van der Waals surface area contributed by atoms with Crippen LogP contribution in [0.15, 0.2) is 18.2 Å². The molecule has 0 amide bonds. The molecular weight excluding hydrogens is 178 g/mol. The number of benzene rings is 1. The van der Waals surface area contributed by atoms with Gasteiger partial charge in [0.05, 0.1) is 12.2 Å². The Hall–Kier alpha value is -1.53. The molecule has 1 aromatic rings. The molecule has 0 aliphatic rings. The number of hydrogen-bond acceptors (Lipinski definition) is 3. The molecule has 0 atom stereocenters. The molecule has 0 aliphatic heterocycles. The molecule has 0 bridgehead atoms. The average molecular weight is 191 g/mol. The Bertz CT molecular complexity index is 377. The maximum absolute atomic E-state index is 9.72. The van der Waals surface area contributed by atoms with Crippen LogP contribution < -0.4 is 0 Å². The largest absolute Gasteiger partial charge is 0.506 e. The lowest BCUT2D eigenvalue weighted by molar-refractivity contribution is 0.215. The minimum absolute atomic E-state index is 0.0333. The van der Waals surface area contributed by atoms with Crippen LogP contribution in [-0.2, 0) is 5.41 Å². The summed E-state index contributed by atoms with van der Waals surface area (Å²) in [7, 11) is 0. The molecule has 1 rings (SSSR count). The summed E-state index contributed by atoms with van der Waals surface area (Å²) in [6, 6.07) is 6.86. The van der Waals surface area contributed by atoms with Gasteiger partial charge in [-0.2, -0.15) is 5.26 Å². The minimum atomic E-state index is -0.531. The maximum Gasteiger partial charge on any atom is 0.137 e. The highest BCUT2D eigenvalue weighted by molar-refractivity contribution is 5.50. The van der Waals surface area contributed by atoms with E-state index in [1.165, 1.54) is 0 Å². The van der Waals surface area contributed by atoms with E-state index in [9.17, 15) is 5.11 Å². The number of nitrogens with zero attached hydrogens (tertiary/aromatic N) is 1. The number of phenols is 1. The Morgan fingerprint density at radius 3 is 2.57 bits per heavy atom. The number of phenolic OH excluding ortho intramolecular Hbond substituents is 1. The molecular formula is C11H13NO2. The van der Waals surface area contributed by atoms with Crippen LogP contribution in [-0.4, -0.2) is 16.8 Å². The number of hydrogen-bond donors (Lipinski definition) is 2. The predicted octanol–water partition coefficient (Wildman–Crippen LogP) is 1.53. The van der Waals surface area contributed by atoms with Gasteiger partial charge in [-0.25, -0.2) is 0 Å². The van der Waals surface area contributed by atoms with E-state index in [0.29, 0.717) is 5.56 Å². The van der Waals surface area contributed by atoms with Crippen molar-refractivity contribution in [1.29, 1.82) is 5.26 Å². The number of para-hydroxylation sites is 1. The summed E-state index contributed by atoms with van der Waals surface area (Å²) in [5.74, 6) is -0.0333. The fourth-order valence-corrected chi connectivity index (χ4v) is 1.27. The zero-order chi connectivity index (χ0) is 10.8. The van der Waals surface area contributed by atoms with Crippen molar-refractivity contribution in [1.82, 2.24) is 0 Å². The van der Waals surface area contributed by atoms with E-state index < -0.39 is 5.41 Å². The highest BCUT2D eigenvalue weighted by Gasteiger charge is 2.24. The molecule has 0 heterocycles. The smallest absolute Gasteiger partial charge is 0.137 e. The fourth-order valence-electron chi connectivity index (χ4n) is 1.27. The number of rotatable bonds is 2. The summed E-state index contributed by atoms with van der Waals surface area (Å²) in [5.41, 5.74) is 0.305. The van der Waals surface area contributed by atoms with Crippen LogP contribution in [0.25, 0.3) is 0 Å². The van der Waals surface area contributed by atoms with E-state index in [1.54, 1.807) is 18.2 Å². The van der Waals surface area contributed by atoms with E-state index >= 15 is 0 Å². The average Bonchev–Trinajstić information content (AvgIpc) is 2.18. The molecule has 14 heavy (non-hydrogen) atoms. The molecule has 2 N–H and O–H groups in total. The molecule has 3 nitrogen and oxygen atoms in total. The van der Waals surface area contributed by atoms with Gasteiger partial charge in [-0.05, 0) is 6.07 Å². The van der Waals surface area contributed by atoms with E-state index in [-0.39, 0.29) is 17.9 Å². The molecule has 0 aliphatic carbocycles. The summed E-state index contributed by atoms with van der Waals surface area (Å²) < 4.78 is 0. The van der Waals surface area contributed by atoms with Gasteiger partial charge < -0.3 is 10.2 Å². The predicted molar refractivity (Wildman–Crippen MR) is 52.9 cm³/mol. The Kier molecular flexibility index (Phi) is 2.78. The fraction of sp³-hybridized carbons (Fsp3) is 0.364. The lowest BCUT2D eigenvalue weighted by Crippen LogP contribution is -2.22. The quantitative estimate of drug-likeness (QED) is 0.745. The summed E-state index contributed by atoms with van der Waals surface area (Å²) in [6.45, 7) is 3.54. The Morgan fingerprint density at radius 2 is 2.07 bits per heavy atom. The minimum Gasteiger partial charge on any atom is -0.506 e. The normalized spacial score (nSPS) is 11.0. The van der Waals surface area contributed by atoms with E-state index in [0.717, 1.165) is 0 Å². The first-order valence-electron chi connectivity index (χ1n) is 4.36. The van der Waals surface area contributed by atoms with Crippen LogP contribution in [0.5, 0.6) is 5.75 Å². The lowest BCUT2D eigenvalue weighted by atomic mass is 9.84. The standard InChI is InChI=1S/C11H13NO2/c1-11(2,7-13)9-5-3-4-8(6-12)10(9)14/h3-5,13-14H,7H2,1-2H3. The van der Waals surface area contributed by atoms with Crippen LogP contribution in [0.1, 0.15) is 25.0 Å². The highest BCUT2D eigenvalue weighted by Crippen LogP contribution is 2.32. The van der Waals surface area contributed by atoms with Crippen LogP contribution in [0.4, 0.5) is 0 Å². The van der Waals surface area contributed by atoms with E-state index in [2.05, 4.69) is 0 Å². The van der Waals surface area contributed by atoms with Gasteiger partial charge in [0.25, 0.3) is 0 Å². The summed E-state index contributed by atoms with van der Waals surface area (Å²) in [6.07, 6.45) is 0. The zero-order valence-corrected chi connectivity index (χ0v) is 8.28. The van der Waals surface area contributed by atoms with Crippen molar-refractivity contribution < 1.29 is 10.2 Å². The Balaban J connectivity index is 3.31. The Morgan fingerprint density at radius 1 is 1.43 bits per heavy atom. The highest BCUT2D eigenvalue weighted by atomic mass is 16.3. The first kappa shape index (κ1) is 10.6. The SMILES string of the molecule is CC(C)(CO)c1cccc(C#N)c1O. The number of aromatic hydroxyl groups is 1. The van der Waals surface area contributed by atoms with Gasteiger partial charge in [0.15, 0.2) is 0 Å². The molecule has 0 spiro atoms. The van der Waals surface area contributed by atoms with Gasteiger partial charge in [0, 0.05) is 11.0 Å². The third-order valence-electron chi connectivity index (χ3n) is 2.28. The summed E-state index contributed by atoms with van der Waals surface area (Å²) in [5, 5.41) is 27.6. The van der Waals surface area contributed by atoms with Crippen molar-refractivity contribution in [2.45, 2.75) is 19.3 Å². The molecule has 0 saturated heterocycles. The van der Waals surface area contributed by atoms with Crippen LogP contribution >= 0.6 is 0 Å². The van der Waals surface area contributed by atoms with Crippen molar-refractivity contribution in [3.8, 4) is 11.8 Å². The van der Waals surface area contributed by atoms with Gasteiger partial charge in [-0.1, -0.05) is 26.0 Å². The molecule has 0 unspecified atom stereocenters. The molecule has 3 heteroatoms. The number of aliphatic hydroxyl groups excluding tert-OH is 1. The molecule has 0 radical (unpaired) electrons. The van der Waals surface area contributed by atoms with Crippen molar-refractivity contribution in [3.05, 3.63) is 29.3 Å². The maximum atomic E-state index is 9.72. The van der Waals surface area contributed by atoms with E-state index in [4.69, 9.17) is 10.4 Å². The monoisotopic (exact) mass is 191 g/mol. The van der Waals surface area contributed by atoms with Gasteiger partial charge >= 0.3 is 0 Å². The molecule has 0 saturated carbocycles. The van der Waals surface area contributed by atoms with Gasteiger partial charge in [0.1, 0.15) is 11.8 Å². The second kappa shape index (κ2) is 3.69. The van der Waals surface area contributed by atoms with Crippen molar-refractivity contribution in [2.24, 2.45) is 0 Å². The molecule has 0 aromatic heterocycles. The summed E-state index contributed by atoms with van der Waals surface area (Å²) in [4.78, 5) is 0. The second-order valence-electron chi connectivity index (χ2n) is 3.86. The van der Waals surface area contributed by atoms with Crippen LogP contribution in [0, 0.1) is 11.3 Å². The van der Waals surface area contributed by atoms with Gasteiger partial charge in [-0.3, -0.25) is 0 Å². The number of nitriles is 1. The third-order valence-corrected chi connectivity index (χ3v) is 2.28. The Labute approximate surface area is 83.2 Å². The summed E-state index contributed by atoms with van der Waals surface area (Å²) >= 11 is 0. The molecule has 74 valence electrons. The first-order valence-corrected chi connectivity index (χ1v) is 4.36.